The first-order valence-electron chi connectivity index (χ1n) is 10.2. The number of amides is 1. The van der Waals surface area contributed by atoms with Gasteiger partial charge < -0.3 is 14.5 Å². The molecule has 32 heavy (non-hydrogen) atoms. The zero-order chi connectivity index (χ0) is 23.3. The zero-order valence-electron chi connectivity index (χ0n) is 17.9. The number of sulfonamides is 1. The summed E-state index contributed by atoms with van der Waals surface area (Å²) in [5.74, 6) is -1.13. The summed E-state index contributed by atoms with van der Waals surface area (Å²) >= 11 is 0. The van der Waals surface area contributed by atoms with Crippen LogP contribution in [0.3, 0.4) is 0 Å². The molecule has 1 aliphatic rings. The minimum atomic E-state index is -3.80. The fourth-order valence-corrected chi connectivity index (χ4v) is 4.14. The highest BCUT2D eigenvalue weighted by Gasteiger charge is 2.25. The van der Waals surface area contributed by atoms with Crippen LogP contribution in [0.4, 0.5) is 10.2 Å². The standard InChI is InChI=1S/C21H25FN4O5S/c1-3-31-21(28)15-5-8-19(24-14-15)25-9-4-10-26(12-11-25)20(27)17-13-16(6-7-18(17)22)32(29,30)23-2/h5-8,13-14,23H,3-4,9-12H2,1-2H3. The number of benzene rings is 1. The number of pyridine rings is 1. The average Bonchev–Trinajstić information content (AvgIpc) is 3.05. The van der Waals surface area contributed by atoms with Crippen molar-refractivity contribution in [3.8, 4) is 0 Å². The molecule has 9 nitrogen and oxygen atoms in total. The fraction of sp³-hybridized carbons (Fsp3) is 0.381. The summed E-state index contributed by atoms with van der Waals surface area (Å²) in [7, 11) is -2.56. The van der Waals surface area contributed by atoms with Gasteiger partial charge in [0.25, 0.3) is 5.91 Å². The Hall–Kier alpha value is -3.05. The lowest BCUT2D eigenvalue weighted by Gasteiger charge is -2.23. The molecule has 1 aliphatic heterocycles. The van der Waals surface area contributed by atoms with Crippen molar-refractivity contribution in [3.05, 3.63) is 53.5 Å². The van der Waals surface area contributed by atoms with E-state index in [9.17, 15) is 22.4 Å². The molecule has 0 radical (unpaired) electrons. The van der Waals surface area contributed by atoms with Crippen molar-refractivity contribution in [2.24, 2.45) is 0 Å². The van der Waals surface area contributed by atoms with Gasteiger partial charge in [-0.15, -0.1) is 0 Å². The Balaban J connectivity index is 1.72. The number of nitrogens with one attached hydrogen (secondary N) is 1. The predicted octanol–water partition coefficient (Wildman–Crippen LogP) is 1.66. The van der Waals surface area contributed by atoms with Crippen LogP contribution in [0.1, 0.15) is 34.1 Å². The third-order valence-electron chi connectivity index (χ3n) is 5.11. The third kappa shape index (κ3) is 5.22. The highest BCUT2D eigenvalue weighted by Crippen LogP contribution is 2.19. The molecule has 0 spiro atoms. The Morgan fingerprint density at radius 1 is 1.16 bits per heavy atom. The van der Waals surface area contributed by atoms with Crippen LogP contribution in [0, 0.1) is 5.82 Å². The van der Waals surface area contributed by atoms with Crippen LogP contribution in [-0.4, -0.2) is 70.0 Å². The van der Waals surface area contributed by atoms with Crippen LogP contribution in [0.15, 0.2) is 41.4 Å². The van der Waals surface area contributed by atoms with Crippen LogP contribution in [0.5, 0.6) is 0 Å². The number of hydrogen-bond donors (Lipinski definition) is 1. The van der Waals surface area contributed by atoms with Gasteiger partial charge in [0.15, 0.2) is 0 Å². The van der Waals surface area contributed by atoms with E-state index < -0.39 is 27.7 Å². The summed E-state index contributed by atoms with van der Waals surface area (Å²) < 4.78 is 45.5. The first-order valence-corrected chi connectivity index (χ1v) is 11.7. The Morgan fingerprint density at radius 2 is 1.94 bits per heavy atom. The van der Waals surface area contributed by atoms with Gasteiger partial charge in [-0.3, -0.25) is 4.79 Å². The normalized spacial score (nSPS) is 14.7. The fourth-order valence-electron chi connectivity index (χ4n) is 3.38. The molecule has 0 bridgehead atoms. The quantitative estimate of drug-likeness (QED) is 0.648. The lowest BCUT2D eigenvalue weighted by Crippen LogP contribution is -2.36. The lowest BCUT2D eigenvalue weighted by atomic mass is 10.2. The van der Waals surface area contributed by atoms with Gasteiger partial charge in [0, 0.05) is 32.4 Å². The highest BCUT2D eigenvalue weighted by molar-refractivity contribution is 7.89. The molecular weight excluding hydrogens is 439 g/mol. The van der Waals surface area contributed by atoms with E-state index in [0.717, 1.165) is 18.2 Å². The van der Waals surface area contributed by atoms with Crippen LogP contribution < -0.4 is 9.62 Å². The minimum Gasteiger partial charge on any atom is -0.462 e. The maximum absolute atomic E-state index is 14.3. The van der Waals surface area contributed by atoms with Crippen molar-refractivity contribution < 1.29 is 27.1 Å². The average molecular weight is 465 g/mol. The number of ether oxygens (including phenoxy) is 1. The molecule has 1 amide bonds. The van der Waals surface area contributed by atoms with Crippen LogP contribution >= 0.6 is 0 Å². The molecule has 0 saturated carbocycles. The maximum Gasteiger partial charge on any atom is 0.339 e. The second-order valence-electron chi connectivity index (χ2n) is 7.11. The molecule has 0 atom stereocenters. The topological polar surface area (TPSA) is 109 Å². The molecule has 1 saturated heterocycles. The number of hydrogen-bond acceptors (Lipinski definition) is 7. The predicted molar refractivity (Wildman–Crippen MR) is 116 cm³/mol. The van der Waals surface area contributed by atoms with Crippen molar-refractivity contribution in [1.29, 1.82) is 0 Å². The number of aromatic nitrogens is 1. The molecule has 2 aromatic rings. The molecular formula is C21H25FN4O5S. The molecule has 11 heteroatoms. The van der Waals surface area contributed by atoms with Gasteiger partial charge in [-0.2, -0.15) is 0 Å². The van der Waals surface area contributed by atoms with Gasteiger partial charge >= 0.3 is 5.97 Å². The second kappa shape index (κ2) is 10.0. The molecule has 1 aromatic carbocycles. The van der Waals surface area contributed by atoms with Gasteiger partial charge in [-0.1, -0.05) is 0 Å². The second-order valence-corrected chi connectivity index (χ2v) is 8.99. The summed E-state index contributed by atoms with van der Waals surface area (Å²) in [5.41, 5.74) is 0.0702. The molecule has 1 aromatic heterocycles. The largest absolute Gasteiger partial charge is 0.462 e. The third-order valence-corrected chi connectivity index (χ3v) is 6.53. The number of carbonyl (C=O) groups excluding carboxylic acids is 2. The van der Waals surface area contributed by atoms with Crippen molar-refractivity contribution in [2.45, 2.75) is 18.2 Å². The van der Waals surface area contributed by atoms with Gasteiger partial charge in [0.2, 0.25) is 10.0 Å². The van der Waals surface area contributed by atoms with Crippen molar-refractivity contribution in [3.63, 3.8) is 0 Å². The number of halogens is 1. The van der Waals surface area contributed by atoms with Crippen LogP contribution in [0.25, 0.3) is 0 Å². The zero-order valence-corrected chi connectivity index (χ0v) is 18.7. The van der Waals surface area contributed by atoms with E-state index in [1.165, 1.54) is 18.1 Å². The van der Waals surface area contributed by atoms with Crippen LogP contribution in [-0.2, 0) is 14.8 Å². The molecule has 172 valence electrons. The summed E-state index contributed by atoms with van der Waals surface area (Å²) in [5, 5.41) is 0. The molecule has 1 fully saturated rings. The van der Waals surface area contributed by atoms with E-state index in [0.29, 0.717) is 44.0 Å². The molecule has 3 rings (SSSR count). The van der Waals surface area contributed by atoms with E-state index in [1.807, 2.05) is 4.90 Å². The van der Waals surface area contributed by atoms with E-state index in [-0.39, 0.29) is 17.1 Å². The summed E-state index contributed by atoms with van der Waals surface area (Å²) in [6.07, 6.45) is 2.06. The van der Waals surface area contributed by atoms with Crippen molar-refractivity contribution in [2.75, 3.05) is 44.7 Å². The minimum absolute atomic E-state index is 0.174. The first kappa shape index (κ1) is 23.6. The molecule has 0 aliphatic carbocycles. The van der Waals surface area contributed by atoms with Gasteiger partial charge in [0.05, 0.1) is 22.6 Å². The summed E-state index contributed by atoms with van der Waals surface area (Å²) in [6, 6.07) is 6.51. The van der Waals surface area contributed by atoms with E-state index in [1.54, 1.807) is 19.1 Å². The van der Waals surface area contributed by atoms with Crippen molar-refractivity contribution in [1.82, 2.24) is 14.6 Å². The number of nitrogens with zero attached hydrogens (tertiary/aromatic N) is 3. The first-order chi connectivity index (χ1) is 15.3. The van der Waals surface area contributed by atoms with Gasteiger partial charge in [-0.25, -0.2) is 27.3 Å². The van der Waals surface area contributed by atoms with E-state index in [2.05, 4.69) is 9.71 Å². The molecule has 1 N–H and O–H groups in total. The van der Waals surface area contributed by atoms with Crippen LogP contribution in [0.2, 0.25) is 0 Å². The Kier molecular flexibility index (Phi) is 7.41. The van der Waals surface area contributed by atoms with Crippen molar-refractivity contribution >= 4 is 27.7 Å². The Morgan fingerprint density at radius 3 is 2.59 bits per heavy atom. The van der Waals surface area contributed by atoms with Gasteiger partial charge in [-0.05, 0) is 50.7 Å². The smallest absolute Gasteiger partial charge is 0.339 e. The lowest BCUT2D eigenvalue weighted by molar-refractivity contribution is 0.0525. The van der Waals surface area contributed by atoms with E-state index >= 15 is 0 Å². The monoisotopic (exact) mass is 464 g/mol. The molecule has 0 unspecified atom stereocenters. The maximum atomic E-state index is 14.3. The van der Waals surface area contributed by atoms with Gasteiger partial charge in [0.1, 0.15) is 11.6 Å². The number of anilines is 1. The summed E-state index contributed by atoms with van der Waals surface area (Å²) in [6.45, 7) is 3.77. The number of rotatable bonds is 6. The number of esters is 1. The Labute approximate surface area is 186 Å². The van der Waals surface area contributed by atoms with E-state index in [4.69, 9.17) is 4.74 Å². The Bertz CT molecular complexity index is 1090. The number of carbonyl (C=O) groups is 2. The summed E-state index contributed by atoms with van der Waals surface area (Å²) in [4.78, 5) is 32.4. The SMILES string of the molecule is CCOC(=O)c1ccc(N2CCCN(C(=O)c3cc(S(=O)(=O)NC)ccc3F)CC2)nc1. The highest BCUT2D eigenvalue weighted by atomic mass is 32.2. The molecule has 2 heterocycles.